The lowest BCUT2D eigenvalue weighted by Crippen LogP contribution is -2.25. The van der Waals surface area contributed by atoms with Crippen LogP contribution in [0.25, 0.3) is 5.69 Å². The summed E-state index contributed by atoms with van der Waals surface area (Å²) in [6.07, 6.45) is 1.47. The Morgan fingerprint density at radius 1 is 1.43 bits per heavy atom. The third-order valence-corrected chi connectivity index (χ3v) is 3.56. The van der Waals surface area contributed by atoms with E-state index in [0.717, 1.165) is 0 Å². The van der Waals surface area contributed by atoms with Gasteiger partial charge in [0.15, 0.2) is 0 Å². The zero-order valence-corrected chi connectivity index (χ0v) is 12.9. The number of hydrogen-bond acceptors (Lipinski definition) is 3. The number of carbonyl (C=O) groups is 1. The molecule has 110 valence electrons. The Morgan fingerprint density at radius 3 is 2.62 bits per heavy atom. The van der Waals surface area contributed by atoms with Gasteiger partial charge in [0.2, 0.25) is 11.1 Å². The van der Waals surface area contributed by atoms with E-state index in [9.17, 15) is 14.0 Å². The Kier molecular flexibility index (Phi) is 4.22. The third kappa shape index (κ3) is 3.02. The summed E-state index contributed by atoms with van der Waals surface area (Å²) in [6.45, 7) is 3.57. The van der Waals surface area contributed by atoms with Gasteiger partial charge < -0.3 is 5.11 Å². The minimum atomic E-state index is -1.39. The SMILES string of the molecule is CC(C)c1cn(-c2ccc(F)cc2Br)nc(C(=O)O)c1=O. The molecule has 0 saturated carbocycles. The molecule has 0 aliphatic rings. The van der Waals surface area contributed by atoms with E-state index in [-0.39, 0.29) is 5.92 Å². The van der Waals surface area contributed by atoms with Crippen molar-refractivity contribution in [3.8, 4) is 5.69 Å². The third-order valence-electron chi connectivity index (χ3n) is 2.93. The molecule has 7 heteroatoms. The average molecular weight is 355 g/mol. The number of carboxylic acid groups (broad SMARTS) is 1. The van der Waals surface area contributed by atoms with Crippen LogP contribution in [0.3, 0.4) is 0 Å². The molecule has 1 aromatic carbocycles. The molecule has 0 saturated heterocycles. The molecule has 21 heavy (non-hydrogen) atoms. The van der Waals surface area contributed by atoms with E-state index in [4.69, 9.17) is 5.11 Å². The number of aromatic carboxylic acids is 1. The number of aromatic nitrogens is 2. The summed E-state index contributed by atoms with van der Waals surface area (Å²) in [7, 11) is 0. The quantitative estimate of drug-likeness (QED) is 0.919. The Hall–Kier alpha value is -2.02. The van der Waals surface area contributed by atoms with Crippen LogP contribution in [0, 0.1) is 5.82 Å². The van der Waals surface area contributed by atoms with Crippen molar-refractivity contribution < 1.29 is 14.3 Å². The summed E-state index contributed by atoms with van der Waals surface area (Å²) >= 11 is 3.20. The van der Waals surface area contributed by atoms with Crippen LogP contribution in [0.1, 0.15) is 35.8 Å². The van der Waals surface area contributed by atoms with Crippen LogP contribution in [-0.4, -0.2) is 20.9 Å². The molecular formula is C14H12BrFN2O3. The highest BCUT2D eigenvalue weighted by Gasteiger charge is 2.18. The Bertz CT molecular complexity index is 771. The summed E-state index contributed by atoms with van der Waals surface area (Å²) in [5.41, 5.74) is -0.385. The van der Waals surface area contributed by atoms with Gasteiger partial charge in [0.1, 0.15) is 5.82 Å². The lowest BCUT2D eigenvalue weighted by atomic mass is 10.0. The summed E-state index contributed by atoms with van der Waals surface area (Å²) in [5.74, 6) is -1.99. The molecule has 2 aromatic rings. The highest BCUT2D eigenvalue weighted by Crippen LogP contribution is 2.22. The maximum atomic E-state index is 13.1. The minimum absolute atomic E-state index is 0.163. The highest BCUT2D eigenvalue weighted by molar-refractivity contribution is 9.10. The van der Waals surface area contributed by atoms with Crippen molar-refractivity contribution in [3.05, 3.63) is 56.2 Å². The van der Waals surface area contributed by atoms with Crippen LogP contribution in [0.2, 0.25) is 0 Å². The van der Waals surface area contributed by atoms with E-state index in [2.05, 4.69) is 21.0 Å². The van der Waals surface area contributed by atoms with Crippen molar-refractivity contribution in [3.63, 3.8) is 0 Å². The summed E-state index contributed by atoms with van der Waals surface area (Å²) in [5, 5.41) is 12.9. The average Bonchev–Trinajstić information content (AvgIpc) is 2.38. The fourth-order valence-electron chi connectivity index (χ4n) is 1.85. The molecule has 0 aliphatic heterocycles. The van der Waals surface area contributed by atoms with Gasteiger partial charge in [-0.2, -0.15) is 5.10 Å². The monoisotopic (exact) mass is 354 g/mol. The van der Waals surface area contributed by atoms with E-state index in [1.165, 1.54) is 29.1 Å². The maximum Gasteiger partial charge on any atom is 0.360 e. The first kappa shape index (κ1) is 15.4. The number of hydrogen-bond donors (Lipinski definition) is 1. The second-order valence-electron chi connectivity index (χ2n) is 4.76. The van der Waals surface area contributed by atoms with Crippen molar-refractivity contribution in [2.24, 2.45) is 0 Å². The van der Waals surface area contributed by atoms with Gasteiger partial charge in [0.05, 0.1) is 5.69 Å². The Balaban J connectivity index is 2.75. The number of nitrogens with zero attached hydrogens (tertiary/aromatic N) is 2. The fraction of sp³-hybridized carbons (Fsp3) is 0.214. The predicted molar refractivity (Wildman–Crippen MR) is 78.5 cm³/mol. The van der Waals surface area contributed by atoms with E-state index >= 15 is 0 Å². The van der Waals surface area contributed by atoms with Gasteiger partial charge in [-0.15, -0.1) is 0 Å². The second kappa shape index (κ2) is 5.77. The molecule has 1 aromatic heterocycles. The van der Waals surface area contributed by atoms with Crippen molar-refractivity contribution in [1.82, 2.24) is 9.78 Å². The van der Waals surface area contributed by atoms with Crippen LogP contribution in [0.5, 0.6) is 0 Å². The van der Waals surface area contributed by atoms with Gasteiger partial charge in [-0.3, -0.25) is 4.79 Å². The molecule has 1 N–H and O–H groups in total. The maximum absolute atomic E-state index is 13.1. The van der Waals surface area contributed by atoms with Gasteiger partial charge in [-0.25, -0.2) is 13.9 Å². The van der Waals surface area contributed by atoms with E-state index in [1.54, 1.807) is 13.8 Å². The fourth-order valence-corrected chi connectivity index (χ4v) is 2.38. The molecule has 0 unspecified atom stereocenters. The van der Waals surface area contributed by atoms with Crippen LogP contribution in [0.15, 0.2) is 33.7 Å². The van der Waals surface area contributed by atoms with Gasteiger partial charge in [-0.1, -0.05) is 13.8 Å². The van der Waals surface area contributed by atoms with E-state index in [1.807, 2.05) is 0 Å². The summed E-state index contributed by atoms with van der Waals surface area (Å²) in [4.78, 5) is 23.2. The largest absolute Gasteiger partial charge is 0.476 e. The molecule has 0 aliphatic carbocycles. The smallest absolute Gasteiger partial charge is 0.360 e. The highest BCUT2D eigenvalue weighted by atomic mass is 79.9. The summed E-state index contributed by atoms with van der Waals surface area (Å²) in [6, 6.07) is 3.92. The summed E-state index contributed by atoms with van der Waals surface area (Å²) < 4.78 is 14.8. The van der Waals surface area contributed by atoms with Crippen LogP contribution >= 0.6 is 15.9 Å². The lowest BCUT2D eigenvalue weighted by Gasteiger charge is -2.12. The number of carboxylic acids is 1. The zero-order chi connectivity index (χ0) is 15.7. The van der Waals surface area contributed by atoms with E-state index < -0.39 is 22.9 Å². The van der Waals surface area contributed by atoms with Crippen molar-refractivity contribution in [2.75, 3.05) is 0 Å². The molecule has 0 spiro atoms. The van der Waals surface area contributed by atoms with Crippen LogP contribution in [-0.2, 0) is 0 Å². The Labute approximate surface area is 128 Å². The molecule has 0 amide bonds. The molecule has 1 heterocycles. The van der Waals surface area contributed by atoms with Gasteiger partial charge in [0.25, 0.3) is 0 Å². The lowest BCUT2D eigenvalue weighted by molar-refractivity contribution is 0.0686. The van der Waals surface area contributed by atoms with Crippen molar-refractivity contribution >= 4 is 21.9 Å². The van der Waals surface area contributed by atoms with Gasteiger partial charge >= 0.3 is 5.97 Å². The minimum Gasteiger partial charge on any atom is -0.476 e. The number of halogens is 2. The zero-order valence-electron chi connectivity index (χ0n) is 11.3. The molecule has 0 fully saturated rings. The van der Waals surface area contributed by atoms with Crippen LogP contribution < -0.4 is 5.43 Å². The predicted octanol–water partition coefficient (Wildman–Crippen LogP) is 2.96. The first-order valence-electron chi connectivity index (χ1n) is 6.14. The van der Waals surface area contributed by atoms with Crippen LogP contribution in [0.4, 0.5) is 4.39 Å². The van der Waals surface area contributed by atoms with Crippen molar-refractivity contribution in [2.45, 2.75) is 19.8 Å². The molecule has 0 bridgehead atoms. The topological polar surface area (TPSA) is 72.2 Å². The molecule has 2 rings (SSSR count). The second-order valence-corrected chi connectivity index (χ2v) is 5.62. The molecule has 5 nitrogen and oxygen atoms in total. The van der Waals surface area contributed by atoms with Gasteiger partial charge in [0, 0.05) is 16.2 Å². The molecule has 0 radical (unpaired) electrons. The number of rotatable bonds is 3. The van der Waals surface area contributed by atoms with Crippen molar-refractivity contribution in [1.29, 1.82) is 0 Å². The first-order chi connectivity index (χ1) is 9.81. The van der Waals surface area contributed by atoms with Gasteiger partial charge in [-0.05, 0) is 40.0 Å². The normalized spacial score (nSPS) is 10.9. The molecule has 0 atom stereocenters. The molecular weight excluding hydrogens is 343 g/mol. The Morgan fingerprint density at radius 2 is 2.10 bits per heavy atom. The van der Waals surface area contributed by atoms with E-state index in [0.29, 0.717) is 15.7 Å². The first-order valence-corrected chi connectivity index (χ1v) is 6.93. The number of benzene rings is 1. The standard InChI is InChI=1S/C14H12BrFN2O3/c1-7(2)9-6-18(17-12(13(9)19)14(20)21)11-4-3-8(16)5-10(11)15/h3-7H,1-2H3,(H,20,21).